The minimum Gasteiger partial charge on any atom is -0.311 e. The first-order chi connectivity index (χ1) is 7.44. The van der Waals surface area contributed by atoms with E-state index in [1.807, 2.05) is 0 Å². The number of hydrogen-bond acceptors (Lipinski definition) is 2. The Balaban J connectivity index is 2.53. The lowest BCUT2D eigenvalue weighted by molar-refractivity contribution is 0.440. The summed E-state index contributed by atoms with van der Waals surface area (Å²) in [6.45, 7) is 4.33. The van der Waals surface area contributed by atoms with Gasteiger partial charge in [-0.3, -0.25) is 0 Å². The van der Waals surface area contributed by atoms with Crippen molar-refractivity contribution in [2.24, 2.45) is 5.41 Å². The average molecular weight is 224 g/mol. The lowest BCUT2D eigenvalue weighted by Crippen LogP contribution is -2.28. The highest BCUT2D eigenvalue weighted by molar-refractivity contribution is 5.18. The van der Waals surface area contributed by atoms with Gasteiger partial charge >= 0.3 is 0 Å². The Morgan fingerprint density at radius 1 is 1.38 bits per heavy atom. The highest BCUT2D eigenvalue weighted by Crippen LogP contribution is 2.12. The summed E-state index contributed by atoms with van der Waals surface area (Å²) >= 11 is 0. The van der Waals surface area contributed by atoms with Crippen LogP contribution in [0.25, 0.3) is 0 Å². The van der Waals surface area contributed by atoms with Gasteiger partial charge in [0.1, 0.15) is 11.6 Å². The fourth-order valence-corrected chi connectivity index (χ4v) is 1.21. The third kappa shape index (κ3) is 3.59. The van der Waals surface area contributed by atoms with Gasteiger partial charge in [-0.25, -0.2) is 8.78 Å². The minimum absolute atomic E-state index is 0.289. The molecule has 1 rings (SSSR count). The highest BCUT2D eigenvalue weighted by Gasteiger charge is 2.15. The molecule has 0 aliphatic carbocycles. The molecule has 0 saturated carbocycles. The van der Waals surface area contributed by atoms with Gasteiger partial charge in [-0.1, -0.05) is 6.07 Å². The smallest absolute Gasteiger partial charge is 0.130 e. The summed E-state index contributed by atoms with van der Waals surface area (Å²) in [6.07, 6.45) is 0. The van der Waals surface area contributed by atoms with Crippen LogP contribution in [0.4, 0.5) is 8.78 Å². The van der Waals surface area contributed by atoms with Crippen LogP contribution in [-0.4, -0.2) is 6.54 Å². The van der Waals surface area contributed by atoms with Gasteiger partial charge in [0.15, 0.2) is 0 Å². The number of halogens is 2. The average Bonchev–Trinajstić information content (AvgIpc) is 2.21. The van der Waals surface area contributed by atoms with Crippen LogP contribution in [0.5, 0.6) is 0 Å². The Morgan fingerprint density at radius 2 is 2.06 bits per heavy atom. The van der Waals surface area contributed by atoms with E-state index in [0.29, 0.717) is 12.1 Å². The summed E-state index contributed by atoms with van der Waals surface area (Å²) in [6, 6.07) is 5.61. The minimum atomic E-state index is -0.585. The van der Waals surface area contributed by atoms with E-state index in [1.54, 1.807) is 13.8 Å². The van der Waals surface area contributed by atoms with Crippen LogP contribution in [0.3, 0.4) is 0 Å². The van der Waals surface area contributed by atoms with E-state index in [-0.39, 0.29) is 6.54 Å². The number of nitrogens with zero attached hydrogens (tertiary/aromatic N) is 1. The molecule has 1 N–H and O–H groups in total. The van der Waals surface area contributed by atoms with E-state index >= 15 is 0 Å². The lowest BCUT2D eigenvalue weighted by Gasteiger charge is -2.15. The molecule has 1 aromatic rings. The van der Waals surface area contributed by atoms with Crippen molar-refractivity contribution < 1.29 is 8.78 Å². The summed E-state index contributed by atoms with van der Waals surface area (Å²) in [4.78, 5) is 0. The molecule has 0 radical (unpaired) electrons. The van der Waals surface area contributed by atoms with Crippen LogP contribution in [0.15, 0.2) is 18.2 Å². The molecule has 0 fully saturated rings. The highest BCUT2D eigenvalue weighted by atomic mass is 19.1. The zero-order valence-corrected chi connectivity index (χ0v) is 9.35. The molecule has 0 aliphatic heterocycles. The number of nitrogens with one attached hydrogen (secondary N) is 1. The molecule has 0 aromatic heterocycles. The quantitative estimate of drug-likeness (QED) is 0.853. The predicted molar refractivity (Wildman–Crippen MR) is 57.5 cm³/mol. The van der Waals surface area contributed by atoms with Crippen molar-refractivity contribution in [3.63, 3.8) is 0 Å². The van der Waals surface area contributed by atoms with Gasteiger partial charge in [-0.2, -0.15) is 5.26 Å². The number of hydrogen-bond donors (Lipinski definition) is 1. The summed E-state index contributed by atoms with van der Waals surface area (Å²) < 4.78 is 25.8. The van der Waals surface area contributed by atoms with Crippen LogP contribution >= 0.6 is 0 Å². The molecule has 4 heteroatoms. The molecule has 1 aromatic carbocycles. The molecule has 0 saturated heterocycles. The van der Waals surface area contributed by atoms with Gasteiger partial charge in [-0.05, 0) is 19.9 Å². The normalized spacial score (nSPS) is 11.2. The third-order valence-corrected chi connectivity index (χ3v) is 2.20. The monoisotopic (exact) mass is 224 g/mol. The van der Waals surface area contributed by atoms with Gasteiger partial charge in [0.25, 0.3) is 0 Å². The number of rotatable bonds is 4. The molecule has 2 nitrogen and oxygen atoms in total. The van der Waals surface area contributed by atoms with Gasteiger partial charge < -0.3 is 5.32 Å². The molecule has 0 heterocycles. The fraction of sp³-hybridized carbons (Fsp3) is 0.417. The van der Waals surface area contributed by atoms with Crippen molar-refractivity contribution in [3.05, 3.63) is 35.4 Å². The van der Waals surface area contributed by atoms with Crippen LogP contribution in [-0.2, 0) is 6.54 Å². The molecule has 0 atom stereocenters. The number of benzene rings is 1. The molecule has 0 unspecified atom stereocenters. The van der Waals surface area contributed by atoms with Crippen molar-refractivity contribution in [3.8, 4) is 6.07 Å². The van der Waals surface area contributed by atoms with E-state index in [2.05, 4.69) is 11.4 Å². The molecule has 86 valence electrons. The van der Waals surface area contributed by atoms with E-state index < -0.39 is 17.0 Å². The Labute approximate surface area is 93.9 Å². The third-order valence-electron chi connectivity index (χ3n) is 2.20. The summed E-state index contributed by atoms with van der Waals surface area (Å²) in [5, 5.41) is 11.7. The van der Waals surface area contributed by atoms with Gasteiger partial charge in [-0.15, -0.1) is 0 Å². The molecule has 0 amide bonds. The molecule has 16 heavy (non-hydrogen) atoms. The van der Waals surface area contributed by atoms with Crippen molar-refractivity contribution in [2.45, 2.75) is 20.4 Å². The summed E-state index contributed by atoms with van der Waals surface area (Å²) in [5.74, 6) is -1.15. The van der Waals surface area contributed by atoms with Crippen LogP contribution in [0.1, 0.15) is 19.4 Å². The van der Waals surface area contributed by atoms with E-state index in [1.165, 1.54) is 12.1 Å². The second kappa shape index (κ2) is 5.04. The SMILES string of the molecule is CC(C)(C#N)CNCc1ccc(F)cc1F. The largest absolute Gasteiger partial charge is 0.311 e. The van der Waals surface area contributed by atoms with E-state index in [9.17, 15) is 8.78 Å². The Hall–Kier alpha value is -1.47. The maximum Gasteiger partial charge on any atom is 0.130 e. The van der Waals surface area contributed by atoms with Crippen molar-refractivity contribution >= 4 is 0 Å². The molecule has 0 spiro atoms. The Kier molecular flexibility index (Phi) is 3.97. The van der Waals surface area contributed by atoms with E-state index in [4.69, 9.17) is 5.26 Å². The molecular formula is C12H14F2N2. The van der Waals surface area contributed by atoms with Crippen molar-refractivity contribution in [1.29, 1.82) is 5.26 Å². The topological polar surface area (TPSA) is 35.8 Å². The van der Waals surface area contributed by atoms with Crippen molar-refractivity contribution in [2.75, 3.05) is 6.54 Å². The first-order valence-electron chi connectivity index (χ1n) is 5.00. The zero-order valence-electron chi connectivity index (χ0n) is 9.35. The van der Waals surface area contributed by atoms with Crippen LogP contribution in [0, 0.1) is 28.4 Å². The van der Waals surface area contributed by atoms with Crippen LogP contribution < -0.4 is 5.32 Å². The maximum atomic E-state index is 13.2. The molecular weight excluding hydrogens is 210 g/mol. The Bertz CT molecular complexity index is 408. The summed E-state index contributed by atoms with van der Waals surface area (Å²) in [5.41, 5.74) is -0.0913. The maximum absolute atomic E-state index is 13.2. The van der Waals surface area contributed by atoms with Gasteiger partial charge in [0.2, 0.25) is 0 Å². The summed E-state index contributed by atoms with van der Waals surface area (Å²) in [7, 11) is 0. The van der Waals surface area contributed by atoms with Crippen molar-refractivity contribution in [1.82, 2.24) is 5.32 Å². The second-order valence-corrected chi connectivity index (χ2v) is 4.33. The molecule has 0 aliphatic rings. The van der Waals surface area contributed by atoms with Crippen LogP contribution in [0.2, 0.25) is 0 Å². The Morgan fingerprint density at radius 3 is 2.62 bits per heavy atom. The fourth-order valence-electron chi connectivity index (χ4n) is 1.21. The predicted octanol–water partition coefficient (Wildman–Crippen LogP) is 2.60. The van der Waals surface area contributed by atoms with Gasteiger partial charge in [0.05, 0.1) is 11.5 Å². The zero-order chi connectivity index (χ0) is 12.2. The number of nitriles is 1. The molecule has 0 bridgehead atoms. The first-order valence-corrected chi connectivity index (χ1v) is 5.00. The lowest BCUT2D eigenvalue weighted by atomic mass is 9.96. The standard InChI is InChI=1S/C12H14F2N2/c1-12(2,7-15)8-16-6-9-3-4-10(13)5-11(9)14/h3-5,16H,6,8H2,1-2H3. The second-order valence-electron chi connectivity index (χ2n) is 4.33. The van der Waals surface area contributed by atoms with Gasteiger partial charge in [0, 0.05) is 24.7 Å². The van der Waals surface area contributed by atoms with E-state index in [0.717, 1.165) is 6.07 Å². The first kappa shape index (κ1) is 12.6.